The molecular weight excluding hydrogens is 244 g/mol. The Kier molecular flexibility index (Phi) is 5.07. The monoisotopic (exact) mass is 272 g/mol. The van der Waals surface area contributed by atoms with E-state index in [1.807, 2.05) is 0 Å². The molecule has 1 saturated heterocycles. The smallest absolute Gasteiger partial charge is 0.0594 e. The highest BCUT2D eigenvalue weighted by Crippen LogP contribution is 2.29. The van der Waals surface area contributed by atoms with Crippen LogP contribution in [0.15, 0.2) is 4.36 Å². The van der Waals surface area contributed by atoms with Crippen molar-refractivity contribution < 1.29 is 4.21 Å². The first-order chi connectivity index (χ1) is 8.65. The maximum Gasteiger partial charge on any atom is 0.0594 e. The molecule has 1 heterocycles. The minimum absolute atomic E-state index is 0.397. The van der Waals surface area contributed by atoms with Gasteiger partial charge in [0.2, 0.25) is 0 Å². The van der Waals surface area contributed by atoms with Crippen LogP contribution in [-0.2, 0) is 9.73 Å². The van der Waals surface area contributed by atoms with Gasteiger partial charge in [0, 0.05) is 34.3 Å². The van der Waals surface area contributed by atoms with Gasteiger partial charge >= 0.3 is 0 Å². The Morgan fingerprint density at radius 2 is 1.72 bits per heavy atom. The first-order valence-electron chi connectivity index (χ1n) is 7.59. The first-order valence-corrected chi connectivity index (χ1v) is 9.44. The molecule has 0 atom stereocenters. The van der Waals surface area contributed by atoms with Crippen LogP contribution < -0.4 is 0 Å². The normalized spacial score (nSPS) is 33.2. The molecular formula is C14H28N2OS. The summed E-state index contributed by atoms with van der Waals surface area (Å²) >= 11 is 0. The molecule has 2 aliphatic rings. The van der Waals surface area contributed by atoms with Crippen molar-refractivity contribution in [2.75, 3.05) is 31.1 Å². The van der Waals surface area contributed by atoms with E-state index >= 15 is 0 Å². The van der Waals surface area contributed by atoms with Crippen LogP contribution >= 0.6 is 0 Å². The van der Waals surface area contributed by atoms with E-state index in [1.54, 1.807) is 0 Å². The molecule has 0 bridgehead atoms. The van der Waals surface area contributed by atoms with Gasteiger partial charge < -0.3 is 4.90 Å². The summed E-state index contributed by atoms with van der Waals surface area (Å²) in [5.41, 5.74) is 0. The standard InChI is InChI=1S/C14H28N2OS/c1-3-13-5-7-14(8-6-13)15-18(17)11-9-16(4-2)10-12-18/h13-14H,3-12H2,1-2H3. The van der Waals surface area contributed by atoms with Gasteiger partial charge in [-0.15, -0.1) is 0 Å². The minimum Gasteiger partial charge on any atom is -0.302 e. The summed E-state index contributed by atoms with van der Waals surface area (Å²) in [6, 6.07) is 0.397. The molecule has 1 saturated carbocycles. The predicted octanol–water partition coefficient (Wildman–Crippen LogP) is 2.76. The van der Waals surface area contributed by atoms with E-state index in [9.17, 15) is 4.21 Å². The fourth-order valence-corrected chi connectivity index (χ4v) is 5.37. The summed E-state index contributed by atoms with van der Waals surface area (Å²) in [5.74, 6) is 2.50. The van der Waals surface area contributed by atoms with Gasteiger partial charge in [0.05, 0.1) is 6.04 Å². The fraction of sp³-hybridized carbons (Fsp3) is 1.00. The number of hydrogen-bond donors (Lipinski definition) is 0. The highest BCUT2D eigenvalue weighted by atomic mass is 32.2. The van der Waals surface area contributed by atoms with Gasteiger partial charge in [-0.1, -0.05) is 20.3 Å². The van der Waals surface area contributed by atoms with E-state index in [1.165, 1.54) is 32.1 Å². The third-order valence-electron chi connectivity index (χ3n) is 4.63. The Hall–Kier alpha value is -0.0900. The lowest BCUT2D eigenvalue weighted by Crippen LogP contribution is -2.40. The second-order valence-corrected chi connectivity index (χ2v) is 8.38. The third-order valence-corrected chi connectivity index (χ3v) is 6.96. The molecule has 2 rings (SSSR count). The summed E-state index contributed by atoms with van der Waals surface area (Å²) in [6.45, 7) is 7.49. The number of rotatable bonds is 3. The Morgan fingerprint density at radius 3 is 2.22 bits per heavy atom. The van der Waals surface area contributed by atoms with Gasteiger partial charge in [0.25, 0.3) is 0 Å². The van der Waals surface area contributed by atoms with Crippen molar-refractivity contribution in [1.29, 1.82) is 0 Å². The van der Waals surface area contributed by atoms with Crippen LogP contribution in [0.25, 0.3) is 0 Å². The number of nitrogens with zero attached hydrogens (tertiary/aromatic N) is 2. The maximum atomic E-state index is 12.7. The van der Waals surface area contributed by atoms with Crippen molar-refractivity contribution >= 4 is 9.73 Å². The van der Waals surface area contributed by atoms with Crippen molar-refractivity contribution in [2.45, 2.75) is 52.0 Å². The van der Waals surface area contributed by atoms with E-state index in [0.717, 1.165) is 37.1 Å². The van der Waals surface area contributed by atoms with Gasteiger partial charge in [0.15, 0.2) is 0 Å². The topological polar surface area (TPSA) is 32.7 Å². The highest BCUT2D eigenvalue weighted by Gasteiger charge is 2.24. The third kappa shape index (κ3) is 3.70. The lowest BCUT2D eigenvalue weighted by molar-refractivity contribution is 0.310. The van der Waals surface area contributed by atoms with E-state index in [-0.39, 0.29) is 0 Å². The van der Waals surface area contributed by atoms with Gasteiger partial charge in [-0.05, 0) is 38.1 Å². The van der Waals surface area contributed by atoms with Crippen molar-refractivity contribution in [3.8, 4) is 0 Å². The summed E-state index contributed by atoms with van der Waals surface area (Å²) < 4.78 is 17.5. The van der Waals surface area contributed by atoms with Crippen molar-refractivity contribution in [2.24, 2.45) is 10.3 Å². The van der Waals surface area contributed by atoms with E-state index in [2.05, 4.69) is 18.7 Å². The van der Waals surface area contributed by atoms with Gasteiger partial charge in [-0.2, -0.15) is 0 Å². The summed E-state index contributed by atoms with van der Waals surface area (Å²) in [7, 11) is -1.87. The Morgan fingerprint density at radius 1 is 1.11 bits per heavy atom. The Balaban J connectivity index is 1.91. The molecule has 4 heteroatoms. The molecule has 0 radical (unpaired) electrons. The van der Waals surface area contributed by atoms with Crippen LogP contribution in [0.2, 0.25) is 0 Å². The van der Waals surface area contributed by atoms with E-state index in [4.69, 9.17) is 4.36 Å². The van der Waals surface area contributed by atoms with E-state index in [0.29, 0.717) is 6.04 Å². The van der Waals surface area contributed by atoms with Crippen LogP contribution in [0.5, 0.6) is 0 Å². The van der Waals surface area contributed by atoms with Crippen LogP contribution in [-0.4, -0.2) is 46.3 Å². The first kappa shape index (κ1) is 14.3. The number of hydrogen-bond acceptors (Lipinski definition) is 3. The molecule has 0 aromatic rings. The van der Waals surface area contributed by atoms with Crippen LogP contribution in [0.4, 0.5) is 0 Å². The second kappa shape index (κ2) is 6.38. The van der Waals surface area contributed by atoms with Gasteiger partial charge in [0.1, 0.15) is 0 Å². The van der Waals surface area contributed by atoms with Crippen molar-refractivity contribution in [3.63, 3.8) is 0 Å². The summed E-state index contributed by atoms with van der Waals surface area (Å²) in [5, 5.41) is 0. The molecule has 18 heavy (non-hydrogen) atoms. The molecule has 3 nitrogen and oxygen atoms in total. The molecule has 0 unspecified atom stereocenters. The Labute approximate surface area is 113 Å². The SMILES string of the molecule is CCC1CCC(N=S2(=O)CCN(CC)CC2)CC1. The molecule has 0 N–H and O–H groups in total. The zero-order valence-corrected chi connectivity index (χ0v) is 12.8. The van der Waals surface area contributed by atoms with Crippen LogP contribution in [0, 0.1) is 5.92 Å². The lowest BCUT2D eigenvalue weighted by Gasteiger charge is -2.30. The molecule has 1 aliphatic carbocycles. The van der Waals surface area contributed by atoms with Crippen LogP contribution in [0.3, 0.4) is 0 Å². The Bertz CT molecular complexity index is 352. The molecule has 0 aromatic heterocycles. The van der Waals surface area contributed by atoms with Crippen molar-refractivity contribution in [3.05, 3.63) is 0 Å². The average Bonchev–Trinajstić information content (AvgIpc) is 2.40. The van der Waals surface area contributed by atoms with Crippen molar-refractivity contribution in [1.82, 2.24) is 4.90 Å². The molecule has 0 amide bonds. The molecule has 106 valence electrons. The highest BCUT2D eigenvalue weighted by molar-refractivity contribution is 7.93. The predicted molar refractivity (Wildman–Crippen MR) is 78.5 cm³/mol. The maximum absolute atomic E-state index is 12.7. The lowest BCUT2D eigenvalue weighted by atomic mass is 9.85. The quantitative estimate of drug-likeness (QED) is 0.791. The summed E-state index contributed by atoms with van der Waals surface area (Å²) in [6.07, 6.45) is 6.23. The van der Waals surface area contributed by atoms with E-state index < -0.39 is 9.73 Å². The zero-order valence-electron chi connectivity index (χ0n) is 11.9. The molecule has 2 fully saturated rings. The van der Waals surface area contributed by atoms with Gasteiger partial charge in [-0.3, -0.25) is 0 Å². The molecule has 0 aromatic carbocycles. The second-order valence-electron chi connectivity index (χ2n) is 5.80. The fourth-order valence-electron chi connectivity index (χ4n) is 3.11. The van der Waals surface area contributed by atoms with Gasteiger partial charge in [-0.25, -0.2) is 8.57 Å². The zero-order chi connectivity index (χ0) is 13.0. The van der Waals surface area contributed by atoms with Crippen LogP contribution in [0.1, 0.15) is 46.0 Å². The minimum atomic E-state index is -1.87. The molecule has 1 aliphatic heterocycles. The average molecular weight is 272 g/mol. The molecule has 0 spiro atoms. The largest absolute Gasteiger partial charge is 0.302 e. The summed E-state index contributed by atoms with van der Waals surface area (Å²) in [4.78, 5) is 2.38.